The van der Waals surface area contributed by atoms with Crippen molar-refractivity contribution >= 4 is 32.9 Å². The fourth-order valence-electron chi connectivity index (χ4n) is 4.38. The quantitative estimate of drug-likeness (QED) is 0.311. The van der Waals surface area contributed by atoms with E-state index in [1.54, 1.807) is 45.0 Å². The molecule has 0 radical (unpaired) electrons. The first-order chi connectivity index (χ1) is 18.9. The molecule has 2 N–H and O–H groups in total. The molecule has 1 aromatic heterocycles. The number of benzene rings is 2. The van der Waals surface area contributed by atoms with Crippen LogP contribution >= 0.6 is 0 Å². The van der Waals surface area contributed by atoms with E-state index in [9.17, 15) is 23.1 Å². The fourth-order valence-corrected chi connectivity index (χ4v) is 6.30. The largest absolute Gasteiger partial charge is 0.444 e. The molecular weight excluding hydrogens is 534 g/mol. The summed E-state index contributed by atoms with van der Waals surface area (Å²) in [5.41, 5.74) is 1.12. The number of oxazole rings is 1. The average Bonchev–Trinajstić information content (AvgIpc) is 3.57. The first kappa shape index (κ1) is 29.5. The number of carbonyl (C=O) groups excluding carboxylic acids is 2. The molecule has 2 atom stereocenters. The number of aliphatic hydroxyl groups is 1. The molecule has 11 heteroatoms. The van der Waals surface area contributed by atoms with E-state index in [0.29, 0.717) is 23.9 Å². The maximum Gasteiger partial charge on any atom is 0.408 e. The van der Waals surface area contributed by atoms with E-state index >= 15 is 0 Å². The van der Waals surface area contributed by atoms with Crippen molar-refractivity contribution in [3.63, 3.8) is 0 Å². The minimum Gasteiger partial charge on any atom is -0.444 e. The predicted octanol–water partition coefficient (Wildman–Crippen LogP) is 4.00. The smallest absolute Gasteiger partial charge is 0.408 e. The van der Waals surface area contributed by atoms with E-state index in [1.165, 1.54) is 0 Å². The highest BCUT2D eigenvalue weighted by molar-refractivity contribution is 7.91. The summed E-state index contributed by atoms with van der Waals surface area (Å²) >= 11 is 0. The molecule has 1 aliphatic carbocycles. The standard InChI is InChI=1S/C29H37N3O7S/c1-29(2,3)39-28(35)31-23(19-40(36,37)18-21-15-16-21)26(33)32(17-9-12-20-10-5-4-6-11-20)27(34)25-30-22-13-7-8-14-24(22)38-25/h4-8,10-11,13-14,21,23,27,34H,9,12,15-19H2,1-3H3,(H,31,35)/t23-,27-/m0/s1. The van der Waals surface area contributed by atoms with Gasteiger partial charge in [0.25, 0.3) is 0 Å². The second kappa shape index (κ2) is 12.4. The molecule has 0 unspecified atom stereocenters. The minimum atomic E-state index is -3.70. The minimum absolute atomic E-state index is 0.0583. The van der Waals surface area contributed by atoms with Crippen molar-refractivity contribution in [1.82, 2.24) is 15.2 Å². The number of ether oxygens (including phenoxy) is 1. The van der Waals surface area contributed by atoms with Gasteiger partial charge in [0.05, 0.1) is 11.5 Å². The number of carbonyl (C=O) groups is 2. The number of aryl methyl sites for hydroxylation is 1. The number of aliphatic hydroxyl groups excluding tert-OH is 1. The highest BCUT2D eigenvalue weighted by atomic mass is 32.2. The van der Waals surface area contributed by atoms with Crippen LogP contribution in [0.3, 0.4) is 0 Å². The molecule has 216 valence electrons. The van der Waals surface area contributed by atoms with Crippen LogP contribution in [0.2, 0.25) is 0 Å². The van der Waals surface area contributed by atoms with Gasteiger partial charge >= 0.3 is 6.09 Å². The van der Waals surface area contributed by atoms with E-state index in [2.05, 4.69) is 10.3 Å². The van der Waals surface area contributed by atoms with Gasteiger partial charge < -0.3 is 24.5 Å². The van der Waals surface area contributed by atoms with Crippen LogP contribution in [0.25, 0.3) is 11.1 Å². The maximum absolute atomic E-state index is 14.0. The van der Waals surface area contributed by atoms with Crippen LogP contribution in [0.4, 0.5) is 4.79 Å². The number of nitrogens with zero attached hydrogens (tertiary/aromatic N) is 2. The van der Waals surface area contributed by atoms with Crippen LogP contribution in [0.1, 0.15) is 57.7 Å². The van der Waals surface area contributed by atoms with Crippen molar-refractivity contribution in [2.75, 3.05) is 18.1 Å². The second-order valence-electron chi connectivity index (χ2n) is 11.2. The summed E-state index contributed by atoms with van der Waals surface area (Å²) in [6.07, 6.45) is 0.173. The Hall–Kier alpha value is -3.44. The molecule has 1 heterocycles. The number of hydrogen-bond acceptors (Lipinski definition) is 8. The van der Waals surface area contributed by atoms with Crippen LogP contribution < -0.4 is 5.32 Å². The Morgan fingerprint density at radius 1 is 1.12 bits per heavy atom. The van der Waals surface area contributed by atoms with Gasteiger partial charge in [0.2, 0.25) is 18.0 Å². The van der Waals surface area contributed by atoms with Gasteiger partial charge in [-0.1, -0.05) is 42.5 Å². The van der Waals surface area contributed by atoms with Gasteiger partial charge in [-0.05, 0) is 70.1 Å². The number of fused-ring (bicyclic) bond motifs is 1. The summed E-state index contributed by atoms with van der Waals surface area (Å²) in [7, 11) is -3.70. The lowest BCUT2D eigenvalue weighted by atomic mass is 10.1. The first-order valence-electron chi connectivity index (χ1n) is 13.5. The van der Waals surface area contributed by atoms with Crippen molar-refractivity contribution in [2.24, 2.45) is 5.92 Å². The zero-order valence-corrected chi connectivity index (χ0v) is 23.9. The van der Waals surface area contributed by atoms with Crippen molar-refractivity contribution in [3.8, 4) is 0 Å². The SMILES string of the molecule is CC(C)(C)OC(=O)N[C@@H](CS(=O)(=O)CC1CC1)C(=O)N(CCCc1ccccc1)[C@@H](O)c1nc2ccccc2o1. The summed E-state index contributed by atoms with van der Waals surface area (Å²) in [5, 5.41) is 13.8. The lowest BCUT2D eigenvalue weighted by molar-refractivity contribution is -0.145. The highest BCUT2D eigenvalue weighted by Crippen LogP contribution is 2.31. The van der Waals surface area contributed by atoms with E-state index < -0.39 is 45.5 Å². The number of rotatable bonds is 12. The maximum atomic E-state index is 14.0. The molecule has 1 aliphatic rings. The Balaban J connectivity index is 1.61. The van der Waals surface area contributed by atoms with Crippen molar-refractivity contribution in [2.45, 2.75) is 64.3 Å². The summed E-state index contributed by atoms with van der Waals surface area (Å²) < 4.78 is 37.0. The van der Waals surface area contributed by atoms with Crippen LogP contribution in [0.15, 0.2) is 59.0 Å². The van der Waals surface area contributed by atoms with Gasteiger partial charge in [-0.25, -0.2) is 18.2 Å². The van der Waals surface area contributed by atoms with Gasteiger partial charge in [0.15, 0.2) is 15.4 Å². The fraction of sp³-hybridized carbons (Fsp3) is 0.483. The summed E-state index contributed by atoms with van der Waals surface area (Å²) in [4.78, 5) is 32.1. The number of nitrogens with one attached hydrogen (secondary N) is 1. The Bertz CT molecular complexity index is 1380. The molecule has 1 fully saturated rings. The topological polar surface area (TPSA) is 139 Å². The molecule has 10 nitrogen and oxygen atoms in total. The van der Waals surface area contributed by atoms with Gasteiger partial charge in [0.1, 0.15) is 17.2 Å². The van der Waals surface area contributed by atoms with Crippen molar-refractivity contribution < 1.29 is 32.3 Å². The Labute approximate surface area is 234 Å². The Morgan fingerprint density at radius 3 is 2.45 bits per heavy atom. The van der Waals surface area contributed by atoms with Gasteiger partial charge in [-0.15, -0.1) is 0 Å². The Kier molecular flexibility index (Phi) is 9.15. The number of sulfone groups is 1. The molecule has 2 aromatic carbocycles. The molecule has 4 rings (SSSR count). The van der Waals surface area contributed by atoms with Crippen LogP contribution in [-0.4, -0.2) is 65.1 Å². The number of aromatic nitrogens is 1. The molecule has 40 heavy (non-hydrogen) atoms. The molecule has 3 aromatic rings. The zero-order chi connectivity index (χ0) is 28.9. The monoisotopic (exact) mass is 571 g/mol. The van der Waals surface area contributed by atoms with Crippen LogP contribution in [0.5, 0.6) is 0 Å². The highest BCUT2D eigenvalue weighted by Gasteiger charge is 2.38. The van der Waals surface area contributed by atoms with Crippen molar-refractivity contribution in [3.05, 3.63) is 66.1 Å². The number of amides is 2. The average molecular weight is 572 g/mol. The molecule has 0 bridgehead atoms. The Morgan fingerprint density at radius 2 is 1.80 bits per heavy atom. The van der Waals surface area contributed by atoms with Gasteiger partial charge in [-0.3, -0.25) is 4.79 Å². The third kappa shape index (κ3) is 8.53. The molecule has 0 saturated heterocycles. The van der Waals surface area contributed by atoms with Crippen LogP contribution in [0, 0.1) is 5.92 Å². The van der Waals surface area contributed by atoms with Gasteiger partial charge in [0, 0.05) is 6.54 Å². The predicted molar refractivity (Wildman–Crippen MR) is 150 cm³/mol. The summed E-state index contributed by atoms with van der Waals surface area (Å²) in [6, 6.07) is 15.1. The number of para-hydroxylation sites is 2. The van der Waals surface area contributed by atoms with Crippen molar-refractivity contribution in [1.29, 1.82) is 0 Å². The molecule has 0 aliphatic heterocycles. The lowest BCUT2D eigenvalue weighted by Crippen LogP contribution is -2.54. The van der Waals surface area contributed by atoms with Gasteiger partial charge in [-0.2, -0.15) is 0 Å². The molecule has 0 spiro atoms. The van der Waals surface area contributed by atoms with Crippen LogP contribution in [-0.2, 0) is 25.8 Å². The first-order valence-corrected chi connectivity index (χ1v) is 15.3. The summed E-state index contributed by atoms with van der Waals surface area (Å²) in [6.45, 7) is 5.06. The third-order valence-corrected chi connectivity index (χ3v) is 8.23. The molecular formula is C29H37N3O7S. The molecule has 2 amide bonds. The van der Waals surface area contributed by atoms with E-state index in [-0.39, 0.29) is 24.1 Å². The normalized spacial score (nSPS) is 15.4. The molecule has 1 saturated carbocycles. The third-order valence-electron chi connectivity index (χ3n) is 6.41. The van der Waals surface area contributed by atoms with E-state index in [1.807, 2.05) is 30.3 Å². The number of alkyl carbamates (subject to hydrolysis) is 1. The second-order valence-corrected chi connectivity index (χ2v) is 13.4. The van der Waals surface area contributed by atoms with E-state index in [0.717, 1.165) is 23.3 Å². The van der Waals surface area contributed by atoms with E-state index in [4.69, 9.17) is 9.15 Å². The number of hydrogen-bond donors (Lipinski definition) is 2. The zero-order valence-electron chi connectivity index (χ0n) is 23.1. The summed E-state index contributed by atoms with van der Waals surface area (Å²) in [5.74, 6) is -1.49. The lowest BCUT2D eigenvalue weighted by Gasteiger charge is -2.31.